The fraction of sp³-hybridized carbons (Fsp3) is 0.200. The van der Waals surface area contributed by atoms with E-state index >= 15 is 0 Å². The van der Waals surface area contributed by atoms with Crippen molar-refractivity contribution < 1.29 is 9.13 Å². The molecule has 0 saturated carbocycles. The normalized spacial score (nSPS) is 10.5. The number of nitrogens with one attached hydrogen (secondary N) is 1. The molecule has 19 heavy (non-hydrogen) atoms. The van der Waals surface area contributed by atoms with Gasteiger partial charge in [-0.05, 0) is 56.3 Å². The van der Waals surface area contributed by atoms with Gasteiger partial charge in [0, 0.05) is 11.4 Å². The maximum atomic E-state index is 13.6. The summed E-state index contributed by atoms with van der Waals surface area (Å²) in [5.74, 6) is 0.417. The predicted octanol–water partition coefficient (Wildman–Crippen LogP) is 3.94. The molecule has 0 aliphatic heterocycles. The van der Waals surface area contributed by atoms with Crippen LogP contribution in [-0.4, -0.2) is 6.10 Å². The van der Waals surface area contributed by atoms with Crippen LogP contribution in [0.5, 0.6) is 5.75 Å². The Balaban J connectivity index is 2.10. The lowest BCUT2D eigenvalue weighted by molar-refractivity contribution is 0.242. The zero-order valence-corrected chi connectivity index (χ0v) is 11.0. The van der Waals surface area contributed by atoms with Gasteiger partial charge in [-0.1, -0.05) is 0 Å². The Morgan fingerprint density at radius 3 is 2.37 bits per heavy atom. The van der Waals surface area contributed by atoms with E-state index in [1.807, 2.05) is 38.1 Å². The lowest BCUT2D eigenvalue weighted by atomic mass is 10.2. The molecule has 2 aromatic carbocycles. The van der Waals surface area contributed by atoms with Crippen LogP contribution in [-0.2, 0) is 0 Å². The van der Waals surface area contributed by atoms with E-state index in [0.717, 1.165) is 11.4 Å². The number of nitrogen functional groups attached to an aromatic ring is 1. The van der Waals surface area contributed by atoms with Gasteiger partial charge in [-0.3, -0.25) is 0 Å². The summed E-state index contributed by atoms with van der Waals surface area (Å²) in [7, 11) is 0. The van der Waals surface area contributed by atoms with Crippen molar-refractivity contribution in [2.45, 2.75) is 20.0 Å². The molecule has 0 radical (unpaired) electrons. The van der Waals surface area contributed by atoms with E-state index in [4.69, 9.17) is 10.5 Å². The molecule has 0 atom stereocenters. The van der Waals surface area contributed by atoms with E-state index in [1.54, 1.807) is 12.1 Å². The summed E-state index contributed by atoms with van der Waals surface area (Å²) in [6.45, 7) is 3.94. The Hall–Kier alpha value is -2.23. The molecular weight excluding hydrogens is 243 g/mol. The fourth-order valence-electron chi connectivity index (χ4n) is 1.68. The van der Waals surface area contributed by atoms with Gasteiger partial charge in [0.1, 0.15) is 11.6 Å². The first kappa shape index (κ1) is 13.2. The number of ether oxygens (including phenoxy) is 1. The van der Waals surface area contributed by atoms with Crippen LogP contribution in [0, 0.1) is 5.82 Å². The Bertz CT molecular complexity index is 553. The Kier molecular flexibility index (Phi) is 3.90. The highest BCUT2D eigenvalue weighted by atomic mass is 19.1. The monoisotopic (exact) mass is 260 g/mol. The molecule has 0 aromatic heterocycles. The van der Waals surface area contributed by atoms with Gasteiger partial charge in [0.15, 0.2) is 0 Å². The Morgan fingerprint density at radius 2 is 1.79 bits per heavy atom. The molecule has 3 nitrogen and oxygen atoms in total. The van der Waals surface area contributed by atoms with Crippen molar-refractivity contribution >= 4 is 17.1 Å². The highest BCUT2D eigenvalue weighted by Gasteiger charge is 2.03. The summed E-state index contributed by atoms with van der Waals surface area (Å²) < 4.78 is 19.2. The third-order valence-electron chi connectivity index (χ3n) is 2.50. The standard InChI is InChI=1S/C15H17FN2O/c1-10(2)19-13-6-4-12(5-7-13)18-15-8-3-11(17)9-14(15)16/h3-10,18H,17H2,1-2H3. The average molecular weight is 260 g/mol. The minimum Gasteiger partial charge on any atom is -0.491 e. The Labute approximate surface area is 112 Å². The summed E-state index contributed by atoms with van der Waals surface area (Å²) in [4.78, 5) is 0. The van der Waals surface area contributed by atoms with Crippen LogP contribution < -0.4 is 15.8 Å². The number of anilines is 3. The zero-order valence-electron chi connectivity index (χ0n) is 11.0. The smallest absolute Gasteiger partial charge is 0.148 e. The summed E-state index contributed by atoms with van der Waals surface area (Å²) in [5, 5.41) is 2.99. The molecule has 0 fully saturated rings. The number of rotatable bonds is 4. The average Bonchev–Trinajstić information content (AvgIpc) is 2.34. The molecule has 0 unspecified atom stereocenters. The van der Waals surface area contributed by atoms with Crippen LogP contribution in [0.3, 0.4) is 0 Å². The van der Waals surface area contributed by atoms with Gasteiger partial charge in [0.2, 0.25) is 0 Å². The number of halogens is 1. The third-order valence-corrected chi connectivity index (χ3v) is 2.50. The molecule has 4 heteroatoms. The van der Waals surface area contributed by atoms with E-state index < -0.39 is 0 Å². The molecule has 100 valence electrons. The van der Waals surface area contributed by atoms with E-state index in [0.29, 0.717) is 11.4 Å². The summed E-state index contributed by atoms with van der Waals surface area (Å²) in [6, 6.07) is 11.9. The van der Waals surface area contributed by atoms with Gasteiger partial charge < -0.3 is 15.8 Å². The van der Waals surface area contributed by atoms with Crippen LogP contribution >= 0.6 is 0 Å². The van der Waals surface area contributed by atoms with Crippen LogP contribution in [0.25, 0.3) is 0 Å². The minimum atomic E-state index is -0.373. The summed E-state index contributed by atoms with van der Waals surface area (Å²) >= 11 is 0. The van der Waals surface area contributed by atoms with Crippen molar-refractivity contribution in [3.8, 4) is 5.75 Å². The molecule has 2 aromatic rings. The van der Waals surface area contributed by atoms with Gasteiger partial charge in [-0.15, -0.1) is 0 Å². The van der Waals surface area contributed by atoms with E-state index in [2.05, 4.69) is 5.32 Å². The van der Waals surface area contributed by atoms with Crippen LogP contribution in [0.1, 0.15) is 13.8 Å². The molecule has 2 rings (SSSR count). The number of hydrogen-bond donors (Lipinski definition) is 2. The maximum absolute atomic E-state index is 13.6. The minimum absolute atomic E-state index is 0.133. The molecular formula is C15H17FN2O. The first-order valence-corrected chi connectivity index (χ1v) is 6.13. The first-order valence-electron chi connectivity index (χ1n) is 6.13. The van der Waals surface area contributed by atoms with Gasteiger partial charge in [0.05, 0.1) is 11.8 Å². The van der Waals surface area contributed by atoms with Gasteiger partial charge in [-0.25, -0.2) is 4.39 Å². The molecule has 0 bridgehead atoms. The lowest BCUT2D eigenvalue weighted by Gasteiger charge is -2.11. The van der Waals surface area contributed by atoms with Crippen molar-refractivity contribution in [1.82, 2.24) is 0 Å². The van der Waals surface area contributed by atoms with Crippen molar-refractivity contribution in [3.63, 3.8) is 0 Å². The number of benzene rings is 2. The molecule has 0 spiro atoms. The first-order chi connectivity index (χ1) is 9.04. The lowest BCUT2D eigenvalue weighted by Crippen LogP contribution is -2.05. The topological polar surface area (TPSA) is 47.3 Å². The fourth-order valence-corrected chi connectivity index (χ4v) is 1.68. The predicted molar refractivity (Wildman–Crippen MR) is 76.3 cm³/mol. The van der Waals surface area contributed by atoms with Crippen molar-refractivity contribution in [3.05, 3.63) is 48.3 Å². The Morgan fingerprint density at radius 1 is 1.11 bits per heavy atom. The SMILES string of the molecule is CC(C)Oc1ccc(Nc2ccc(N)cc2F)cc1. The van der Waals surface area contributed by atoms with Crippen molar-refractivity contribution in [2.75, 3.05) is 11.1 Å². The quantitative estimate of drug-likeness (QED) is 0.818. The number of hydrogen-bond acceptors (Lipinski definition) is 3. The highest BCUT2D eigenvalue weighted by molar-refractivity contribution is 5.63. The van der Waals surface area contributed by atoms with E-state index in [9.17, 15) is 4.39 Å². The van der Waals surface area contributed by atoms with Gasteiger partial charge in [-0.2, -0.15) is 0 Å². The van der Waals surface area contributed by atoms with E-state index in [1.165, 1.54) is 6.07 Å². The third kappa shape index (κ3) is 3.61. The maximum Gasteiger partial charge on any atom is 0.148 e. The highest BCUT2D eigenvalue weighted by Crippen LogP contribution is 2.23. The molecule has 3 N–H and O–H groups in total. The van der Waals surface area contributed by atoms with Crippen LogP contribution in [0.4, 0.5) is 21.5 Å². The zero-order chi connectivity index (χ0) is 13.8. The number of nitrogens with two attached hydrogens (primary N) is 1. The second-order valence-corrected chi connectivity index (χ2v) is 4.56. The summed E-state index contributed by atoms with van der Waals surface area (Å²) in [6.07, 6.45) is 0.133. The second-order valence-electron chi connectivity index (χ2n) is 4.56. The molecule has 0 heterocycles. The van der Waals surface area contributed by atoms with Crippen LogP contribution in [0.2, 0.25) is 0 Å². The van der Waals surface area contributed by atoms with Crippen LogP contribution in [0.15, 0.2) is 42.5 Å². The second kappa shape index (κ2) is 5.61. The van der Waals surface area contributed by atoms with Gasteiger partial charge in [0.25, 0.3) is 0 Å². The van der Waals surface area contributed by atoms with Crippen molar-refractivity contribution in [1.29, 1.82) is 0 Å². The molecule has 0 saturated heterocycles. The largest absolute Gasteiger partial charge is 0.491 e. The molecule has 0 aliphatic rings. The molecule has 0 amide bonds. The molecule has 0 aliphatic carbocycles. The van der Waals surface area contributed by atoms with Crippen molar-refractivity contribution in [2.24, 2.45) is 0 Å². The van der Waals surface area contributed by atoms with Gasteiger partial charge >= 0.3 is 0 Å². The summed E-state index contributed by atoms with van der Waals surface area (Å²) in [5.41, 5.74) is 7.10. The van der Waals surface area contributed by atoms with E-state index in [-0.39, 0.29) is 11.9 Å².